The molecular weight excluding hydrogens is 366 g/mol. The van der Waals surface area contributed by atoms with E-state index in [0.29, 0.717) is 30.0 Å². The minimum absolute atomic E-state index is 0.100. The van der Waals surface area contributed by atoms with Crippen molar-refractivity contribution < 1.29 is 14.3 Å². The molecule has 3 N–H and O–H groups in total. The lowest BCUT2D eigenvalue weighted by Crippen LogP contribution is -2.38. The van der Waals surface area contributed by atoms with Crippen LogP contribution in [0.4, 0.5) is 5.69 Å². The first-order chi connectivity index (χ1) is 14.0. The topological polar surface area (TPSA) is 83.2 Å². The Morgan fingerprint density at radius 1 is 1.00 bits per heavy atom. The van der Waals surface area contributed by atoms with Gasteiger partial charge in [-0.1, -0.05) is 12.1 Å². The first-order valence-corrected chi connectivity index (χ1v) is 9.91. The van der Waals surface area contributed by atoms with Gasteiger partial charge in [0.15, 0.2) is 0 Å². The van der Waals surface area contributed by atoms with Gasteiger partial charge in [-0.05, 0) is 62.6 Å². The van der Waals surface area contributed by atoms with Crippen molar-refractivity contribution in [1.82, 2.24) is 10.3 Å². The largest absolute Gasteiger partial charge is 0.381 e. The van der Waals surface area contributed by atoms with Crippen LogP contribution >= 0.6 is 0 Å². The van der Waals surface area contributed by atoms with Crippen LogP contribution in [0.2, 0.25) is 0 Å². The van der Waals surface area contributed by atoms with E-state index in [0.717, 1.165) is 35.0 Å². The van der Waals surface area contributed by atoms with E-state index in [9.17, 15) is 9.59 Å². The first-order valence-electron chi connectivity index (χ1n) is 9.91. The summed E-state index contributed by atoms with van der Waals surface area (Å²) < 4.78 is 5.32. The van der Waals surface area contributed by atoms with Crippen molar-refractivity contribution in [2.45, 2.75) is 32.7 Å². The smallest absolute Gasteiger partial charge is 0.257 e. The number of amides is 2. The predicted octanol–water partition coefficient (Wildman–Crippen LogP) is 3.95. The molecule has 4 rings (SSSR count). The molecule has 6 heteroatoms. The number of aromatic nitrogens is 1. The second-order valence-electron chi connectivity index (χ2n) is 7.49. The van der Waals surface area contributed by atoms with Gasteiger partial charge in [0.05, 0.1) is 11.1 Å². The van der Waals surface area contributed by atoms with E-state index in [1.54, 1.807) is 24.3 Å². The van der Waals surface area contributed by atoms with E-state index >= 15 is 0 Å². The summed E-state index contributed by atoms with van der Waals surface area (Å²) in [6.45, 7) is 5.41. The van der Waals surface area contributed by atoms with Crippen molar-refractivity contribution in [2.24, 2.45) is 0 Å². The van der Waals surface area contributed by atoms with Crippen molar-refractivity contribution in [3.05, 3.63) is 64.8 Å². The normalized spacial score (nSPS) is 14.7. The number of rotatable bonds is 4. The van der Waals surface area contributed by atoms with Gasteiger partial charge in [0.2, 0.25) is 0 Å². The SMILES string of the molecule is Cc1[nH]c2c(C(=O)Nc3ccc(C(=O)NC4CCOCC4)cc3)cccc2c1C. The fourth-order valence-corrected chi connectivity index (χ4v) is 3.69. The highest BCUT2D eigenvalue weighted by Gasteiger charge is 2.17. The fraction of sp³-hybridized carbons (Fsp3) is 0.304. The number of ether oxygens (including phenoxy) is 1. The Morgan fingerprint density at radius 2 is 1.72 bits per heavy atom. The number of H-pyrrole nitrogens is 1. The molecule has 1 saturated heterocycles. The van der Waals surface area contributed by atoms with Crippen LogP contribution in [0.25, 0.3) is 10.9 Å². The van der Waals surface area contributed by atoms with Crippen LogP contribution in [0.5, 0.6) is 0 Å². The summed E-state index contributed by atoms with van der Waals surface area (Å²) >= 11 is 0. The number of hydrogen-bond acceptors (Lipinski definition) is 3. The van der Waals surface area contributed by atoms with Crippen LogP contribution in [-0.4, -0.2) is 36.1 Å². The Bertz CT molecular complexity index is 1050. The molecule has 2 amide bonds. The van der Waals surface area contributed by atoms with Crippen molar-refractivity contribution in [2.75, 3.05) is 18.5 Å². The van der Waals surface area contributed by atoms with Crippen LogP contribution in [0, 0.1) is 13.8 Å². The van der Waals surface area contributed by atoms with Crippen LogP contribution in [-0.2, 0) is 4.74 Å². The standard InChI is InChI=1S/C23H25N3O3/c1-14-15(2)24-21-19(14)4-3-5-20(21)23(28)26-17-8-6-16(7-9-17)22(27)25-18-10-12-29-13-11-18/h3-9,18,24H,10-13H2,1-2H3,(H,25,27)(H,26,28). The zero-order valence-corrected chi connectivity index (χ0v) is 16.7. The second kappa shape index (κ2) is 8.09. The van der Waals surface area contributed by atoms with Crippen LogP contribution < -0.4 is 10.6 Å². The number of para-hydroxylation sites is 1. The summed E-state index contributed by atoms with van der Waals surface area (Å²) in [6.07, 6.45) is 1.67. The Hall–Kier alpha value is -3.12. The average molecular weight is 391 g/mol. The van der Waals surface area contributed by atoms with Gasteiger partial charge in [-0.2, -0.15) is 0 Å². The monoisotopic (exact) mass is 391 g/mol. The summed E-state index contributed by atoms with van der Waals surface area (Å²) in [5, 5.41) is 7.01. The number of aryl methyl sites for hydroxylation is 2. The molecule has 0 unspecified atom stereocenters. The number of nitrogens with one attached hydrogen (secondary N) is 3. The number of aromatic amines is 1. The molecule has 2 aromatic carbocycles. The highest BCUT2D eigenvalue weighted by Crippen LogP contribution is 2.25. The third-order valence-corrected chi connectivity index (χ3v) is 5.55. The summed E-state index contributed by atoms with van der Waals surface area (Å²) in [7, 11) is 0. The van der Waals surface area contributed by atoms with E-state index in [-0.39, 0.29) is 17.9 Å². The highest BCUT2D eigenvalue weighted by molar-refractivity contribution is 6.12. The highest BCUT2D eigenvalue weighted by atomic mass is 16.5. The first kappa shape index (κ1) is 19.2. The van der Waals surface area contributed by atoms with Crippen LogP contribution in [0.3, 0.4) is 0 Å². The van der Waals surface area contributed by atoms with Gasteiger partial charge in [0.1, 0.15) is 0 Å². The molecule has 0 spiro atoms. The van der Waals surface area contributed by atoms with Gasteiger partial charge in [-0.15, -0.1) is 0 Å². The van der Waals surface area contributed by atoms with Gasteiger partial charge in [0.25, 0.3) is 11.8 Å². The van der Waals surface area contributed by atoms with E-state index in [2.05, 4.69) is 15.6 Å². The van der Waals surface area contributed by atoms with Gasteiger partial charge in [-0.3, -0.25) is 9.59 Å². The van der Waals surface area contributed by atoms with E-state index < -0.39 is 0 Å². The quantitative estimate of drug-likeness (QED) is 0.630. The lowest BCUT2D eigenvalue weighted by molar-refractivity contribution is 0.0696. The van der Waals surface area contributed by atoms with Crippen LogP contribution in [0.15, 0.2) is 42.5 Å². The van der Waals surface area contributed by atoms with Gasteiger partial charge in [0, 0.05) is 41.6 Å². The average Bonchev–Trinajstić information content (AvgIpc) is 3.03. The zero-order chi connectivity index (χ0) is 20.4. The summed E-state index contributed by atoms with van der Waals surface area (Å²) in [5.41, 5.74) is 4.86. The fourth-order valence-electron chi connectivity index (χ4n) is 3.69. The third kappa shape index (κ3) is 4.03. The minimum Gasteiger partial charge on any atom is -0.381 e. The van der Waals surface area contributed by atoms with E-state index in [1.807, 2.05) is 32.0 Å². The van der Waals surface area contributed by atoms with Crippen molar-refractivity contribution in [3.63, 3.8) is 0 Å². The molecule has 0 saturated carbocycles. The number of carbonyl (C=O) groups is 2. The molecule has 1 fully saturated rings. The molecular formula is C23H25N3O3. The second-order valence-corrected chi connectivity index (χ2v) is 7.49. The lowest BCUT2D eigenvalue weighted by atomic mass is 10.1. The number of hydrogen-bond donors (Lipinski definition) is 3. The summed E-state index contributed by atoms with van der Waals surface area (Å²) in [5.74, 6) is -0.284. The minimum atomic E-state index is -0.184. The molecule has 150 valence electrons. The third-order valence-electron chi connectivity index (χ3n) is 5.55. The Labute approximate surface area is 169 Å². The molecule has 1 aliphatic heterocycles. The molecule has 1 aliphatic rings. The van der Waals surface area contributed by atoms with Gasteiger partial charge in [-0.25, -0.2) is 0 Å². The Balaban J connectivity index is 1.45. The number of carbonyl (C=O) groups excluding carboxylic acids is 2. The maximum atomic E-state index is 12.8. The molecule has 1 aromatic heterocycles. The maximum Gasteiger partial charge on any atom is 0.257 e. The molecule has 2 heterocycles. The lowest BCUT2D eigenvalue weighted by Gasteiger charge is -2.23. The maximum absolute atomic E-state index is 12.8. The number of fused-ring (bicyclic) bond motifs is 1. The van der Waals surface area contributed by atoms with E-state index in [1.165, 1.54) is 0 Å². The molecule has 3 aromatic rings. The Morgan fingerprint density at radius 3 is 2.45 bits per heavy atom. The Kier molecular flexibility index (Phi) is 5.36. The molecule has 6 nitrogen and oxygen atoms in total. The van der Waals surface area contributed by atoms with Crippen molar-refractivity contribution in [1.29, 1.82) is 0 Å². The van der Waals surface area contributed by atoms with Crippen molar-refractivity contribution in [3.8, 4) is 0 Å². The number of benzene rings is 2. The summed E-state index contributed by atoms with van der Waals surface area (Å²) in [6, 6.07) is 12.8. The van der Waals surface area contributed by atoms with Gasteiger partial charge < -0.3 is 20.4 Å². The zero-order valence-electron chi connectivity index (χ0n) is 16.7. The summed E-state index contributed by atoms with van der Waals surface area (Å²) in [4.78, 5) is 28.5. The van der Waals surface area contributed by atoms with E-state index in [4.69, 9.17) is 4.74 Å². The molecule has 0 atom stereocenters. The molecule has 0 aliphatic carbocycles. The van der Waals surface area contributed by atoms with Gasteiger partial charge >= 0.3 is 0 Å². The number of anilines is 1. The molecule has 0 bridgehead atoms. The predicted molar refractivity (Wildman–Crippen MR) is 113 cm³/mol. The van der Waals surface area contributed by atoms with Crippen molar-refractivity contribution >= 4 is 28.4 Å². The van der Waals surface area contributed by atoms with Crippen LogP contribution in [0.1, 0.15) is 44.8 Å². The molecule has 0 radical (unpaired) electrons. The molecule has 29 heavy (non-hydrogen) atoms.